The van der Waals surface area contributed by atoms with Crippen LogP contribution in [0.3, 0.4) is 0 Å². The van der Waals surface area contributed by atoms with Crippen LogP contribution in [0, 0.1) is 0 Å². The van der Waals surface area contributed by atoms with Crippen LogP contribution in [0.1, 0.15) is 19.3 Å². The van der Waals surface area contributed by atoms with Gasteiger partial charge in [0.05, 0.1) is 11.9 Å². The SMILES string of the molecule is CS(=O)(=O)N1CCCCC1C(=O)Nc1ccccc1O. The highest BCUT2D eigenvalue weighted by Crippen LogP contribution is 2.25. The van der Waals surface area contributed by atoms with Crippen molar-refractivity contribution in [3.63, 3.8) is 0 Å². The van der Waals surface area contributed by atoms with Crippen molar-refractivity contribution in [2.24, 2.45) is 0 Å². The van der Waals surface area contributed by atoms with Crippen LogP contribution in [0.2, 0.25) is 0 Å². The van der Waals surface area contributed by atoms with Gasteiger partial charge in [-0.05, 0) is 25.0 Å². The van der Waals surface area contributed by atoms with E-state index >= 15 is 0 Å². The molecule has 1 atom stereocenters. The van der Waals surface area contributed by atoms with Crippen molar-refractivity contribution < 1.29 is 18.3 Å². The average molecular weight is 298 g/mol. The first kappa shape index (κ1) is 14.8. The number of carbonyl (C=O) groups excluding carboxylic acids is 1. The van der Waals surface area contributed by atoms with Crippen molar-refractivity contribution in [3.8, 4) is 5.75 Å². The summed E-state index contributed by atoms with van der Waals surface area (Å²) in [5.41, 5.74) is 0.288. The fourth-order valence-electron chi connectivity index (χ4n) is 2.36. The zero-order valence-electron chi connectivity index (χ0n) is 11.2. The van der Waals surface area contributed by atoms with Crippen LogP contribution in [0.15, 0.2) is 24.3 Å². The fraction of sp³-hybridized carbons (Fsp3) is 0.462. The van der Waals surface area contributed by atoms with E-state index in [2.05, 4.69) is 5.32 Å². The molecule has 0 spiro atoms. The number of hydrogen-bond donors (Lipinski definition) is 2. The maximum Gasteiger partial charge on any atom is 0.242 e. The van der Waals surface area contributed by atoms with E-state index in [1.165, 1.54) is 10.4 Å². The lowest BCUT2D eigenvalue weighted by molar-refractivity contribution is -0.120. The molecule has 110 valence electrons. The van der Waals surface area contributed by atoms with E-state index in [1.807, 2.05) is 0 Å². The van der Waals surface area contributed by atoms with Crippen LogP contribution in [0.25, 0.3) is 0 Å². The highest BCUT2D eigenvalue weighted by molar-refractivity contribution is 7.88. The smallest absolute Gasteiger partial charge is 0.242 e. The van der Waals surface area contributed by atoms with Gasteiger partial charge in [-0.2, -0.15) is 4.31 Å². The Kier molecular flexibility index (Phi) is 4.29. The molecule has 1 amide bonds. The second-order valence-electron chi connectivity index (χ2n) is 4.89. The van der Waals surface area contributed by atoms with Gasteiger partial charge in [-0.15, -0.1) is 0 Å². The molecule has 1 aromatic carbocycles. The third kappa shape index (κ3) is 3.29. The highest BCUT2D eigenvalue weighted by Gasteiger charge is 2.34. The number of carbonyl (C=O) groups is 1. The average Bonchev–Trinajstić information content (AvgIpc) is 2.40. The summed E-state index contributed by atoms with van der Waals surface area (Å²) in [6.07, 6.45) is 3.17. The summed E-state index contributed by atoms with van der Waals surface area (Å²) in [4.78, 5) is 12.2. The van der Waals surface area contributed by atoms with Gasteiger partial charge < -0.3 is 10.4 Å². The number of para-hydroxylation sites is 2. The van der Waals surface area contributed by atoms with Crippen LogP contribution in [-0.2, 0) is 14.8 Å². The molecule has 0 bridgehead atoms. The van der Waals surface area contributed by atoms with Gasteiger partial charge in [0.25, 0.3) is 0 Å². The summed E-state index contributed by atoms with van der Waals surface area (Å²) in [6.45, 7) is 0.359. The van der Waals surface area contributed by atoms with Gasteiger partial charge in [0.2, 0.25) is 15.9 Å². The number of phenols is 1. The number of nitrogens with zero attached hydrogens (tertiary/aromatic N) is 1. The summed E-state index contributed by atoms with van der Waals surface area (Å²) < 4.78 is 24.7. The van der Waals surface area contributed by atoms with E-state index in [0.717, 1.165) is 19.1 Å². The predicted molar refractivity (Wildman–Crippen MR) is 75.9 cm³/mol. The molecule has 2 N–H and O–H groups in total. The molecule has 2 rings (SSSR count). The molecule has 1 heterocycles. The molecule has 1 fully saturated rings. The van der Waals surface area contributed by atoms with Crippen LogP contribution >= 0.6 is 0 Å². The standard InChI is InChI=1S/C13H18N2O4S/c1-20(18,19)15-9-5-4-7-11(15)13(17)14-10-6-2-3-8-12(10)16/h2-3,6,8,11,16H,4-5,7,9H2,1H3,(H,14,17). The molecule has 0 radical (unpaired) electrons. The largest absolute Gasteiger partial charge is 0.506 e. The number of anilines is 1. The topological polar surface area (TPSA) is 86.7 Å². The lowest BCUT2D eigenvalue weighted by atomic mass is 10.0. The number of hydrogen-bond acceptors (Lipinski definition) is 4. The van der Waals surface area contributed by atoms with Gasteiger partial charge in [0.1, 0.15) is 11.8 Å². The van der Waals surface area contributed by atoms with Crippen molar-refractivity contribution in [3.05, 3.63) is 24.3 Å². The normalized spacial score (nSPS) is 20.6. The maximum atomic E-state index is 12.2. The Morgan fingerprint density at radius 3 is 2.70 bits per heavy atom. The summed E-state index contributed by atoms with van der Waals surface area (Å²) >= 11 is 0. The van der Waals surface area contributed by atoms with E-state index in [1.54, 1.807) is 18.2 Å². The maximum absolute atomic E-state index is 12.2. The van der Waals surface area contributed by atoms with Crippen LogP contribution in [0.4, 0.5) is 5.69 Å². The number of phenolic OH excluding ortho intramolecular Hbond substituents is 1. The van der Waals surface area contributed by atoms with E-state index in [0.29, 0.717) is 13.0 Å². The minimum Gasteiger partial charge on any atom is -0.506 e. The first-order valence-corrected chi connectivity index (χ1v) is 8.30. The number of amides is 1. The number of benzene rings is 1. The van der Waals surface area contributed by atoms with Gasteiger partial charge in [-0.25, -0.2) is 8.42 Å². The number of piperidine rings is 1. The first-order valence-electron chi connectivity index (χ1n) is 6.45. The van der Waals surface area contributed by atoms with E-state index in [4.69, 9.17) is 0 Å². The Balaban J connectivity index is 2.17. The Hall–Kier alpha value is -1.60. The van der Waals surface area contributed by atoms with Crippen molar-refractivity contribution >= 4 is 21.6 Å². The Morgan fingerprint density at radius 2 is 2.05 bits per heavy atom. The Morgan fingerprint density at radius 1 is 1.35 bits per heavy atom. The molecule has 20 heavy (non-hydrogen) atoms. The monoisotopic (exact) mass is 298 g/mol. The minimum atomic E-state index is -3.41. The number of rotatable bonds is 3. The fourth-order valence-corrected chi connectivity index (χ4v) is 3.48. The Bertz CT molecular complexity index is 600. The summed E-state index contributed by atoms with van der Waals surface area (Å²) in [7, 11) is -3.41. The van der Waals surface area contributed by atoms with E-state index in [9.17, 15) is 18.3 Å². The van der Waals surface area contributed by atoms with Crippen molar-refractivity contribution in [1.82, 2.24) is 4.31 Å². The van der Waals surface area contributed by atoms with E-state index in [-0.39, 0.29) is 11.4 Å². The van der Waals surface area contributed by atoms with Crippen LogP contribution < -0.4 is 5.32 Å². The third-order valence-electron chi connectivity index (χ3n) is 3.34. The van der Waals surface area contributed by atoms with Gasteiger partial charge in [-0.1, -0.05) is 18.6 Å². The third-order valence-corrected chi connectivity index (χ3v) is 4.63. The molecule has 7 heteroatoms. The summed E-state index contributed by atoms with van der Waals surface area (Å²) in [5.74, 6) is -0.445. The van der Waals surface area contributed by atoms with Gasteiger partial charge in [-0.3, -0.25) is 4.79 Å². The molecule has 0 saturated carbocycles. The number of nitrogens with one attached hydrogen (secondary N) is 1. The lowest BCUT2D eigenvalue weighted by Crippen LogP contribution is -2.49. The van der Waals surface area contributed by atoms with Crippen molar-refractivity contribution in [2.75, 3.05) is 18.1 Å². The van der Waals surface area contributed by atoms with Crippen molar-refractivity contribution in [2.45, 2.75) is 25.3 Å². The predicted octanol–water partition coefficient (Wildman–Crippen LogP) is 1.14. The minimum absolute atomic E-state index is 0.0393. The molecular weight excluding hydrogens is 280 g/mol. The zero-order chi connectivity index (χ0) is 14.8. The van der Waals surface area contributed by atoms with Gasteiger partial charge in [0, 0.05) is 6.54 Å². The molecule has 6 nitrogen and oxygen atoms in total. The lowest BCUT2D eigenvalue weighted by Gasteiger charge is -2.32. The second kappa shape index (κ2) is 5.80. The molecule has 0 aliphatic carbocycles. The molecule has 1 aromatic rings. The van der Waals surface area contributed by atoms with Crippen molar-refractivity contribution in [1.29, 1.82) is 0 Å². The summed E-state index contributed by atoms with van der Waals surface area (Å²) in [6, 6.07) is 5.66. The molecule has 1 aliphatic rings. The number of aromatic hydroxyl groups is 1. The van der Waals surface area contributed by atoms with Crippen LogP contribution in [0.5, 0.6) is 5.75 Å². The van der Waals surface area contributed by atoms with E-state index < -0.39 is 22.0 Å². The molecule has 1 aliphatic heterocycles. The zero-order valence-corrected chi connectivity index (χ0v) is 12.1. The molecule has 1 saturated heterocycles. The quantitative estimate of drug-likeness (QED) is 0.819. The first-order chi connectivity index (χ1) is 9.39. The van der Waals surface area contributed by atoms with Gasteiger partial charge in [0.15, 0.2) is 0 Å². The Labute approximate surface area is 118 Å². The molecule has 0 aromatic heterocycles. The summed E-state index contributed by atoms with van der Waals surface area (Å²) in [5, 5.41) is 12.2. The van der Waals surface area contributed by atoms with Gasteiger partial charge >= 0.3 is 0 Å². The molecule has 1 unspecified atom stereocenters. The molecular formula is C13H18N2O4S. The van der Waals surface area contributed by atoms with Crippen LogP contribution in [-0.4, -0.2) is 42.6 Å². The highest BCUT2D eigenvalue weighted by atomic mass is 32.2. The number of sulfonamides is 1. The second-order valence-corrected chi connectivity index (χ2v) is 6.83.